The predicted octanol–water partition coefficient (Wildman–Crippen LogP) is 2.50. The van der Waals surface area contributed by atoms with Crippen LogP contribution in [0.4, 0.5) is 0 Å². The lowest BCUT2D eigenvalue weighted by atomic mass is 10.5. The van der Waals surface area contributed by atoms with E-state index in [1.165, 1.54) is 0 Å². The molecule has 10 heavy (non-hydrogen) atoms. The third-order valence-corrected chi connectivity index (χ3v) is 0.788. The van der Waals surface area contributed by atoms with E-state index in [-0.39, 0.29) is 39.7 Å². The standard InChI is InChI=1S/C4H8O2.2CH4.2ClH/c1-4-2-5-3-6-4;;;;/h4H,2-3H2,1H3;2*1H4;2*1H. The average Bonchev–Trinajstić information content (AvgIpc) is 1.86. The zero-order valence-corrected chi connectivity index (χ0v) is 6.26. The molecule has 0 N–H and O–H groups in total. The Hall–Kier alpha value is 0.500. The fourth-order valence-electron chi connectivity index (χ4n) is 0.426. The van der Waals surface area contributed by atoms with E-state index in [1.807, 2.05) is 6.92 Å². The minimum Gasteiger partial charge on any atom is -0.353 e. The molecule has 0 aliphatic carbocycles. The summed E-state index contributed by atoms with van der Waals surface area (Å²) >= 11 is 0. The lowest BCUT2D eigenvalue weighted by Crippen LogP contribution is -2.00. The molecule has 0 aromatic rings. The van der Waals surface area contributed by atoms with E-state index in [4.69, 9.17) is 9.47 Å². The monoisotopic (exact) mass is 192 g/mol. The van der Waals surface area contributed by atoms with Crippen LogP contribution in [0.2, 0.25) is 0 Å². The smallest absolute Gasteiger partial charge is 0.147 e. The van der Waals surface area contributed by atoms with Crippen LogP contribution in [-0.4, -0.2) is 19.5 Å². The van der Waals surface area contributed by atoms with E-state index in [2.05, 4.69) is 0 Å². The zero-order valence-electron chi connectivity index (χ0n) is 4.62. The summed E-state index contributed by atoms with van der Waals surface area (Å²) in [7, 11) is 0. The van der Waals surface area contributed by atoms with Gasteiger partial charge < -0.3 is 9.47 Å². The molecule has 0 aromatic heterocycles. The van der Waals surface area contributed by atoms with Gasteiger partial charge in [0.1, 0.15) is 6.79 Å². The number of hydrogen-bond donors (Lipinski definition) is 0. The van der Waals surface area contributed by atoms with Crippen molar-refractivity contribution in [1.29, 1.82) is 0 Å². The first-order chi connectivity index (χ1) is 2.89. The SMILES string of the molecule is C.C.CC1COCO1.Cl.Cl. The van der Waals surface area contributed by atoms with Gasteiger partial charge in [-0.25, -0.2) is 0 Å². The van der Waals surface area contributed by atoms with Gasteiger partial charge in [-0.2, -0.15) is 0 Å². The molecule has 4 heteroatoms. The van der Waals surface area contributed by atoms with Gasteiger partial charge in [-0.3, -0.25) is 0 Å². The van der Waals surface area contributed by atoms with Crippen molar-refractivity contribution in [1.82, 2.24) is 0 Å². The first-order valence-corrected chi connectivity index (χ1v) is 2.09. The number of rotatable bonds is 0. The molecule has 2 nitrogen and oxygen atoms in total. The quantitative estimate of drug-likeness (QED) is 0.588. The van der Waals surface area contributed by atoms with Crippen molar-refractivity contribution >= 4 is 24.8 Å². The van der Waals surface area contributed by atoms with Crippen LogP contribution in [0.25, 0.3) is 0 Å². The summed E-state index contributed by atoms with van der Waals surface area (Å²) in [6, 6.07) is 0. The molecule has 0 aromatic carbocycles. The third-order valence-electron chi connectivity index (χ3n) is 0.788. The van der Waals surface area contributed by atoms with Crippen molar-refractivity contribution in [3.63, 3.8) is 0 Å². The molecular weight excluding hydrogens is 175 g/mol. The van der Waals surface area contributed by atoms with Crippen molar-refractivity contribution in [2.75, 3.05) is 13.4 Å². The lowest BCUT2D eigenvalue weighted by Gasteiger charge is -1.90. The van der Waals surface area contributed by atoms with E-state index in [1.54, 1.807) is 0 Å². The molecule has 0 amide bonds. The molecule has 1 fully saturated rings. The lowest BCUT2D eigenvalue weighted by molar-refractivity contribution is 0.0514. The molecule has 1 aliphatic heterocycles. The highest BCUT2D eigenvalue weighted by Crippen LogP contribution is 1.98. The normalized spacial score (nSPS) is 20.7. The van der Waals surface area contributed by atoms with Crippen molar-refractivity contribution in [2.45, 2.75) is 27.9 Å². The van der Waals surface area contributed by atoms with Gasteiger partial charge in [0.05, 0.1) is 12.7 Å². The molecule has 1 heterocycles. The van der Waals surface area contributed by atoms with Crippen molar-refractivity contribution in [3.05, 3.63) is 0 Å². The molecular formula is C6H18Cl2O2. The van der Waals surface area contributed by atoms with E-state index in [0.29, 0.717) is 12.9 Å². The summed E-state index contributed by atoms with van der Waals surface area (Å²) in [6.45, 7) is 3.24. The molecule has 1 saturated heterocycles. The van der Waals surface area contributed by atoms with Crippen LogP contribution in [0, 0.1) is 0 Å². The van der Waals surface area contributed by atoms with Gasteiger partial charge in [0, 0.05) is 0 Å². The van der Waals surface area contributed by atoms with Crippen LogP contribution in [0.15, 0.2) is 0 Å². The van der Waals surface area contributed by atoms with Crippen LogP contribution >= 0.6 is 24.8 Å². The molecule has 1 atom stereocenters. The summed E-state index contributed by atoms with van der Waals surface area (Å²) in [5.74, 6) is 0. The summed E-state index contributed by atoms with van der Waals surface area (Å²) < 4.78 is 9.77. The van der Waals surface area contributed by atoms with Gasteiger partial charge in [0.2, 0.25) is 0 Å². The molecule has 1 rings (SSSR count). The molecule has 0 radical (unpaired) electrons. The van der Waals surface area contributed by atoms with E-state index in [9.17, 15) is 0 Å². The Kier molecular flexibility index (Phi) is 27.4. The average molecular weight is 193 g/mol. The number of halogens is 2. The van der Waals surface area contributed by atoms with E-state index >= 15 is 0 Å². The highest BCUT2D eigenvalue weighted by atomic mass is 35.5. The minimum atomic E-state index is 0. The van der Waals surface area contributed by atoms with Crippen molar-refractivity contribution in [3.8, 4) is 0 Å². The highest BCUT2D eigenvalue weighted by molar-refractivity contribution is 5.85. The fourth-order valence-corrected chi connectivity index (χ4v) is 0.426. The minimum absolute atomic E-state index is 0. The number of hydrogen-bond acceptors (Lipinski definition) is 2. The first kappa shape index (κ1) is 22.4. The summed E-state index contributed by atoms with van der Waals surface area (Å²) in [4.78, 5) is 0. The summed E-state index contributed by atoms with van der Waals surface area (Å²) in [5.41, 5.74) is 0. The van der Waals surface area contributed by atoms with Crippen molar-refractivity contribution in [2.24, 2.45) is 0 Å². The Bertz CT molecular complexity index is 47.0. The largest absolute Gasteiger partial charge is 0.353 e. The predicted molar refractivity (Wildman–Crippen MR) is 49.3 cm³/mol. The molecule has 1 unspecified atom stereocenters. The maximum absolute atomic E-state index is 4.93. The molecule has 68 valence electrons. The molecule has 0 saturated carbocycles. The highest BCUT2D eigenvalue weighted by Gasteiger charge is 2.07. The summed E-state index contributed by atoms with van der Waals surface area (Å²) in [5, 5.41) is 0. The Labute approximate surface area is 76.1 Å². The maximum Gasteiger partial charge on any atom is 0.147 e. The van der Waals surface area contributed by atoms with Gasteiger partial charge in [-0.05, 0) is 6.92 Å². The van der Waals surface area contributed by atoms with Gasteiger partial charge in [-0.15, -0.1) is 24.8 Å². The van der Waals surface area contributed by atoms with Gasteiger partial charge in [0.15, 0.2) is 0 Å². The second kappa shape index (κ2) is 12.2. The van der Waals surface area contributed by atoms with Gasteiger partial charge in [-0.1, -0.05) is 14.9 Å². The second-order valence-electron chi connectivity index (χ2n) is 1.47. The number of ether oxygens (including phenoxy) is 2. The Morgan fingerprint density at radius 3 is 1.80 bits per heavy atom. The van der Waals surface area contributed by atoms with E-state index < -0.39 is 0 Å². The third kappa shape index (κ3) is 8.50. The second-order valence-corrected chi connectivity index (χ2v) is 1.47. The molecule has 0 spiro atoms. The Morgan fingerprint density at radius 1 is 1.20 bits per heavy atom. The molecule has 0 bridgehead atoms. The summed E-state index contributed by atoms with van der Waals surface area (Å²) in [6.07, 6.45) is 0.324. The van der Waals surface area contributed by atoms with Crippen molar-refractivity contribution < 1.29 is 9.47 Å². The van der Waals surface area contributed by atoms with Gasteiger partial charge in [0.25, 0.3) is 0 Å². The van der Waals surface area contributed by atoms with Gasteiger partial charge >= 0.3 is 0 Å². The van der Waals surface area contributed by atoms with Crippen LogP contribution in [-0.2, 0) is 9.47 Å². The van der Waals surface area contributed by atoms with Crippen LogP contribution in [0.1, 0.15) is 21.8 Å². The maximum atomic E-state index is 4.93. The first-order valence-electron chi connectivity index (χ1n) is 2.09. The Morgan fingerprint density at radius 2 is 1.70 bits per heavy atom. The van der Waals surface area contributed by atoms with Crippen LogP contribution in [0.3, 0.4) is 0 Å². The fraction of sp³-hybridized carbons (Fsp3) is 1.00. The van der Waals surface area contributed by atoms with Crippen LogP contribution < -0.4 is 0 Å². The Balaban J connectivity index is -0.0000000450. The zero-order chi connectivity index (χ0) is 4.41. The topological polar surface area (TPSA) is 18.5 Å². The molecule has 1 aliphatic rings. The van der Waals surface area contributed by atoms with Crippen LogP contribution in [0.5, 0.6) is 0 Å². The van der Waals surface area contributed by atoms with E-state index in [0.717, 1.165) is 6.61 Å².